The zero-order valence-corrected chi connectivity index (χ0v) is 8.08. The Kier molecular flexibility index (Phi) is 2.06. The monoisotopic (exact) mass is 202 g/mol. The molecule has 4 heteroatoms. The van der Waals surface area contributed by atoms with Gasteiger partial charge in [0.1, 0.15) is 5.78 Å². The highest BCUT2D eigenvalue weighted by molar-refractivity contribution is 6.22. The van der Waals surface area contributed by atoms with E-state index in [0.29, 0.717) is 12.8 Å². The van der Waals surface area contributed by atoms with Crippen LogP contribution in [0.25, 0.3) is 0 Å². The van der Waals surface area contributed by atoms with Crippen molar-refractivity contribution in [2.24, 2.45) is 17.8 Å². The van der Waals surface area contributed by atoms with Gasteiger partial charge in [-0.3, -0.25) is 9.59 Å². The molecular formula is C9H11ClO3. The second kappa shape index (κ2) is 2.98. The molecule has 1 unspecified atom stereocenters. The topological polar surface area (TPSA) is 43.4 Å². The standard InChI is InChI=1S/C9H11ClO3/c1-13-9(12)8-4-3-7(11)5(8)2-6(4)10/h4-6,8H,2-3H2,1H3/t4-,5-,6+,8?/m0/s1. The smallest absolute Gasteiger partial charge is 0.309 e. The first-order valence-corrected chi connectivity index (χ1v) is 4.83. The zero-order chi connectivity index (χ0) is 9.59. The molecule has 0 spiro atoms. The lowest BCUT2D eigenvalue weighted by molar-refractivity contribution is -0.147. The number of ether oxygens (including phenoxy) is 1. The highest BCUT2D eigenvalue weighted by atomic mass is 35.5. The number of Topliss-reactive ketones (excluding diaryl/α,β-unsaturated/α-hetero) is 1. The van der Waals surface area contributed by atoms with Gasteiger partial charge >= 0.3 is 5.97 Å². The molecule has 0 aliphatic heterocycles. The van der Waals surface area contributed by atoms with E-state index in [1.807, 2.05) is 0 Å². The Bertz CT molecular complexity index is 264. The summed E-state index contributed by atoms with van der Waals surface area (Å²) < 4.78 is 4.66. The molecule has 2 bridgehead atoms. The fourth-order valence-electron chi connectivity index (χ4n) is 2.53. The van der Waals surface area contributed by atoms with Gasteiger partial charge in [-0.15, -0.1) is 11.6 Å². The second-order valence-electron chi connectivity index (χ2n) is 3.74. The average Bonchev–Trinajstić information content (AvgIpc) is 2.57. The summed E-state index contributed by atoms with van der Waals surface area (Å²) in [5, 5.41) is -0.0215. The number of methoxy groups -OCH3 is 1. The quantitative estimate of drug-likeness (QED) is 0.471. The number of hydrogen-bond acceptors (Lipinski definition) is 3. The van der Waals surface area contributed by atoms with E-state index in [1.54, 1.807) is 0 Å². The highest BCUT2D eigenvalue weighted by Gasteiger charge is 2.55. The van der Waals surface area contributed by atoms with Crippen LogP contribution in [0.2, 0.25) is 0 Å². The van der Waals surface area contributed by atoms with E-state index in [1.165, 1.54) is 7.11 Å². The van der Waals surface area contributed by atoms with Crippen LogP contribution in [0, 0.1) is 17.8 Å². The Hall–Kier alpha value is -0.570. The summed E-state index contributed by atoms with van der Waals surface area (Å²) in [5.41, 5.74) is 0. The van der Waals surface area contributed by atoms with Crippen molar-refractivity contribution in [1.82, 2.24) is 0 Å². The van der Waals surface area contributed by atoms with Gasteiger partial charge in [0.2, 0.25) is 0 Å². The van der Waals surface area contributed by atoms with Gasteiger partial charge in [-0.1, -0.05) is 0 Å². The molecule has 0 radical (unpaired) electrons. The van der Waals surface area contributed by atoms with E-state index in [0.717, 1.165) is 0 Å². The fraction of sp³-hybridized carbons (Fsp3) is 0.778. The molecular weight excluding hydrogens is 192 g/mol. The minimum Gasteiger partial charge on any atom is -0.469 e. The summed E-state index contributed by atoms with van der Waals surface area (Å²) >= 11 is 6.01. The van der Waals surface area contributed by atoms with Crippen LogP contribution < -0.4 is 0 Å². The minimum atomic E-state index is -0.274. The van der Waals surface area contributed by atoms with Crippen molar-refractivity contribution in [1.29, 1.82) is 0 Å². The van der Waals surface area contributed by atoms with Crippen LogP contribution in [0.1, 0.15) is 12.8 Å². The molecule has 0 N–H and O–H groups in total. The van der Waals surface area contributed by atoms with Crippen molar-refractivity contribution in [3.05, 3.63) is 0 Å². The van der Waals surface area contributed by atoms with Gasteiger partial charge in [0.05, 0.1) is 13.0 Å². The lowest BCUT2D eigenvalue weighted by atomic mass is 9.98. The van der Waals surface area contributed by atoms with E-state index in [2.05, 4.69) is 4.74 Å². The van der Waals surface area contributed by atoms with Gasteiger partial charge in [0.15, 0.2) is 0 Å². The molecule has 2 saturated carbocycles. The Morgan fingerprint density at radius 1 is 1.62 bits per heavy atom. The number of alkyl halides is 1. The number of ketones is 1. The molecule has 4 atom stereocenters. The van der Waals surface area contributed by atoms with E-state index >= 15 is 0 Å². The van der Waals surface area contributed by atoms with Crippen molar-refractivity contribution in [3.8, 4) is 0 Å². The van der Waals surface area contributed by atoms with Crippen molar-refractivity contribution in [2.75, 3.05) is 7.11 Å². The number of carbonyl (C=O) groups is 2. The first-order valence-electron chi connectivity index (χ1n) is 4.39. The summed E-state index contributed by atoms with van der Waals surface area (Å²) in [7, 11) is 1.35. The maximum atomic E-state index is 11.3. The number of hydrogen-bond donors (Lipinski definition) is 0. The highest BCUT2D eigenvalue weighted by Crippen LogP contribution is 2.49. The molecule has 0 heterocycles. The van der Waals surface area contributed by atoms with Gasteiger partial charge in [-0.2, -0.15) is 0 Å². The van der Waals surface area contributed by atoms with Crippen molar-refractivity contribution >= 4 is 23.4 Å². The molecule has 2 aliphatic rings. The molecule has 0 amide bonds. The van der Waals surface area contributed by atoms with Gasteiger partial charge in [0.25, 0.3) is 0 Å². The fourth-order valence-corrected chi connectivity index (χ4v) is 2.97. The maximum absolute atomic E-state index is 11.3. The van der Waals surface area contributed by atoms with Crippen LogP contribution in [0.3, 0.4) is 0 Å². The zero-order valence-electron chi connectivity index (χ0n) is 7.33. The van der Waals surface area contributed by atoms with Crippen LogP contribution in [-0.4, -0.2) is 24.2 Å². The van der Waals surface area contributed by atoms with Gasteiger partial charge in [-0.25, -0.2) is 0 Å². The van der Waals surface area contributed by atoms with Crippen molar-refractivity contribution < 1.29 is 14.3 Å². The number of carbonyl (C=O) groups excluding carboxylic acids is 2. The lowest BCUT2D eigenvalue weighted by Crippen LogP contribution is -2.22. The summed E-state index contributed by atoms with van der Waals surface area (Å²) in [6.45, 7) is 0. The Labute approximate surface area is 81.4 Å². The first-order chi connectivity index (χ1) is 6.15. The van der Waals surface area contributed by atoms with E-state index in [4.69, 9.17) is 11.6 Å². The van der Waals surface area contributed by atoms with Crippen LogP contribution in [0.5, 0.6) is 0 Å². The average molecular weight is 203 g/mol. The van der Waals surface area contributed by atoms with Crippen LogP contribution >= 0.6 is 11.6 Å². The third-order valence-corrected chi connectivity index (χ3v) is 3.66. The van der Waals surface area contributed by atoms with Crippen molar-refractivity contribution in [2.45, 2.75) is 18.2 Å². The third-order valence-electron chi connectivity index (χ3n) is 3.16. The summed E-state index contributed by atoms with van der Waals surface area (Å²) in [6, 6.07) is 0. The molecule has 0 aromatic rings. The molecule has 0 aromatic heterocycles. The number of esters is 1. The summed E-state index contributed by atoms with van der Waals surface area (Å²) in [4.78, 5) is 22.7. The molecule has 0 aromatic carbocycles. The molecule has 2 rings (SSSR count). The predicted molar refractivity (Wildman–Crippen MR) is 46.4 cm³/mol. The molecule has 72 valence electrons. The second-order valence-corrected chi connectivity index (χ2v) is 4.30. The largest absolute Gasteiger partial charge is 0.469 e. The SMILES string of the molecule is COC(=O)C1[C@H]2CC(=O)[C@@H]1C[C@H]2Cl. The molecule has 13 heavy (non-hydrogen) atoms. The van der Waals surface area contributed by atoms with Crippen LogP contribution in [0.15, 0.2) is 0 Å². The lowest BCUT2D eigenvalue weighted by Gasteiger charge is -2.13. The molecule has 2 fully saturated rings. The summed E-state index contributed by atoms with van der Waals surface area (Å²) in [5.74, 6) is -0.507. The van der Waals surface area contributed by atoms with Gasteiger partial charge < -0.3 is 4.74 Å². The van der Waals surface area contributed by atoms with Crippen molar-refractivity contribution in [3.63, 3.8) is 0 Å². The van der Waals surface area contributed by atoms with Crippen LogP contribution in [0.4, 0.5) is 0 Å². The van der Waals surface area contributed by atoms with E-state index < -0.39 is 0 Å². The van der Waals surface area contributed by atoms with Crippen LogP contribution in [-0.2, 0) is 14.3 Å². The first kappa shape index (κ1) is 9.00. The Balaban J connectivity index is 2.22. The van der Waals surface area contributed by atoms with E-state index in [-0.39, 0.29) is 34.9 Å². The third kappa shape index (κ3) is 1.17. The molecule has 3 nitrogen and oxygen atoms in total. The summed E-state index contributed by atoms with van der Waals surface area (Å²) in [6.07, 6.45) is 1.10. The Morgan fingerprint density at radius 2 is 2.31 bits per heavy atom. The molecule has 0 saturated heterocycles. The van der Waals surface area contributed by atoms with Gasteiger partial charge in [0, 0.05) is 17.7 Å². The number of halogens is 1. The minimum absolute atomic E-state index is 0.0200. The number of fused-ring (bicyclic) bond motifs is 2. The maximum Gasteiger partial charge on any atom is 0.309 e. The number of rotatable bonds is 1. The predicted octanol–water partition coefficient (Wildman–Crippen LogP) is 0.992. The molecule has 2 aliphatic carbocycles. The van der Waals surface area contributed by atoms with Gasteiger partial charge in [-0.05, 0) is 12.3 Å². The Morgan fingerprint density at radius 3 is 2.77 bits per heavy atom. The van der Waals surface area contributed by atoms with E-state index in [9.17, 15) is 9.59 Å². The normalized spacial score (nSPS) is 42.5.